The molecule has 0 fully saturated rings. The molecule has 1 aromatic carbocycles. The van der Waals surface area contributed by atoms with Crippen molar-refractivity contribution in [1.82, 2.24) is 5.32 Å². The van der Waals surface area contributed by atoms with Crippen LogP contribution in [0.15, 0.2) is 34.1 Å². The normalized spacial score (nSPS) is 10.8. The van der Waals surface area contributed by atoms with E-state index in [1.807, 2.05) is 6.07 Å². The van der Waals surface area contributed by atoms with E-state index in [1.165, 1.54) is 17.0 Å². The van der Waals surface area contributed by atoms with Gasteiger partial charge in [0.15, 0.2) is 0 Å². The Balaban J connectivity index is 1.78. The van der Waals surface area contributed by atoms with Crippen molar-refractivity contribution >= 4 is 38.9 Å². The summed E-state index contributed by atoms with van der Waals surface area (Å²) in [5, 5.41) is 3.72. The minimum atomic E-state index is -0.290. The summed E-state index contributed by atoms with van der Waals surface area (Å²) in [6.07, 6.45) is 0.972. The highest BCUT2D eigenvalue weighted by Crippen LogP contribution is 2.22. The number of rotatable bonds is 5. The Labute approximate surface area is 123 Å². The van der Waals surface area contributed by atoms with Gasteiger partial charge < -0.3 is 5.32 Å². The van der Waals surface area contributed by atoms with Crippen LogP contribution in [0, 0.1) is 5.82 Å². The van der Waals surface area contributed by atoms with Crippen LogP contribution >= 0.6 is 38.9 Å². The third kappa shape index (κ3) is 4.35. The summed E-state index contributed by atoms with van der Waals surface area (Å²) in [6, 6.07) is 8.75. The summed E-state index contributed by atoms with van der Waals surface area (Å²) in [4.78, 5) is 1.33. The van der Waals surface area contributed by atoms with Crippen LogP contribution in [0.2, 0.25) is 5.02 Å². The molecule has 2 rings (SSSR count). The van der Waals surface area contributed by atoms with Crippen molar-refractivity contribution in [3.63, 3.8) is 0 Å². The maximum atomic E-state index is 13.1. The van der Waals surface area contributed by atoms with Crippen molar-refractivity contribution in [1.29, 1.82) is 0 Å². The van der Waals surface area contributed by atoms with Gasteiger partial charge in [-0.25, -0.2) is 4.39 Å². The van der Waals surface area contributed by atoms with Crippen LogP contribution in [0.1, 0.15) is 10.4 Å². The van der Waals surface area contributed by atoms with Crippen molar-refractivity contribution in [2.24, 2.45) is 0 Å². The molecular formula is C13H12BrClFNS. The molecule has 0 saturated heterocycles. The predicted molar refractivity (Wildman–Crippen MR) is 78.8 cm³/mol. The highest BCUT2D eigenvalue weighted by molar-refractivity contribution is 9.11. The molecule has 0 aliphatic rings. The lowest BCUT2D eigenvalue weighted by Gasteiger charge is -2.05. The first kappa shape index (κ1) is 14.0. The first-order valence-corrected chi connectivity index (χ1v) is 7.52. The summed E-state index contributed by atoms with van der Waals surface area (Å²) < 4.78 is 14.2. The molecule has 0 aliphatic heterocycles. The Morgan fingerprint density at radius 1 is 1.28 bits per heavy atom. The molecule has 96 valence electrons. The van der Waals surface area contributed by atoms with Crippen molar-refractivity contribution < 1.29 is 4.39 Å². The van der Waals surface area contributed by atoms with E-state index in [9.17, 15) is 4.39 Å². The molecule has 0 saturated carbocycles. The van der Waals surface area contributed by atoms with E-state index in [1.54, 1.807) is 17.4 Å². The van der Waals surface area contributed by atoms with Crippen LogP contribution in [0.4, 0.5) is 4.39 Å². The SMILES string of the molecule is Fc1cc(Cl)cc(CNCCc2ccc(Br)s2)c1. The second kappa shape index (κ2) is 6.66. The van der Waals surface area contributed by atoms with Gasteiger partial charge in [0.1, 0.15) is 5.82 Å². The van der Waals surface area contributed by atoms with Gasteiger partial charge in [-0.1, -0.05) is 11.6 Å². The van der Waals surface area contributed by atoms with E-state index < -0.39 is 0 Å². The minimum absolute atomic E-state index is 0.290. The third-order valence-electron chi connectivity index (χ3n) is 2.43. The van der Waals surface area contributed by atoms with Crippen LogP contribution in [0.25, 0.3) is 0 Å². The Hall–Kier alpha value is -0.420. The second-order valence-electron chi connectivity index (χ2n) is 3.91. The molecule has 0 unspecified atom stereocenters. The molecule has 0 radical (unpaired) electrons. The maximum absolute atomic E-state index is 13.1. The van der Waals surface area contributed by atoms with E-state index in [2.05, 4.69) is 27.3 Å². The van der Waals surface area contributed by atoms with E-state index in [0.717, 1.165) is 22.3 Å². The zero-order valence-electron chi connectivity index (χ0n) is 9.55. The molecule has 0 atom stereocenters. The summed E-state index contributed by atoms with van der Waals surface area (Å²) >= 11 is 11.0. The van der Waals surface area contributed by atoms with Gasteiger partial charge in [-0.15, -0.1) is 11.3 Å². The summed E-state index contributed by atoms with van der Waals surface area (Å²) in [7, 11) is 0. The minimum Gasteiger partial charge on any atom is -0.312 e. The van der Waals surface area contributed by atoms with E-state index in [-0.39, 0.29) is 5.82 Å². The molecular weight excluding hydrogens is 337 g/mol. The third-order valence-corrected chi connectivity index (χ3v) is 4.33. The van der Waals surface area contributed by atoms with E-state index >= 15 is 0 Å². The fraction of sp³-hybridized carbons (Fsp3) is 0.231. The number of halogens is 3. The molecule has 2 aromatic rings. The standard InChI is InChI=1S/C13H12BrClFNS/c14-13-2-1-12(18-13)3-4-17-8-9-5-10(15)7-11(16)6-9/h1-2,5-7,17H,3-4,8H2. The lowest BCUT2D eigenvalue weighted by Crippen LogP contribution is -2.16. The van der Waals surface area contributed by atoms with Gasteiger partial charge in [-0.05, 0) is 58.2 Å². The van der Waals surface area contributed by atoms with Crippen LogP contribution in [-0.2, 0) is 13.0 Å². The van der Waals surface area contributed by atoms with Gasteiger partial charge in [-0.2, -0.15) is 0 Å². The quantitative estimate of drug-likeness (QED) is 0.777. The van der Waals surface area contributed by atoms with E-state index in [0.29, 0.717) is 11.6 Å². The molecule has 1 nitrogen and oxygen atoms in total. The average molecular weight is 349 g/mol. The van der Waals surface area contributed by atoms with Gasteiger partial charge in [0, 0.05) is 23.0 Å². The number of benzene rings is 1. The summed E-state index contributed by atoms with van der Waals surface area (Å²) in [6.45, 7) is 1.49. The van der Waals surface area contributed by atoms with Crippen LogP contribution in [0.5, 0.6) is 0 Å². The number of hydrogen-bond donors (Lipinski definition) is 1. The van der Waals surface area contributed by atoms with Crippen molar-refractivity contribution in [2.45, 2.75) is 13.0 Å². The molecule has 1 N–H and O–H groups in total. The molecule has 0 bridgehead atoms. The van der Waals surface area contributed by atoms with Crippen molar-refractivity contribution in [2.75, 3.05) is 6.54 Å². The largest absolute Gasteiger partial charge is 0.312 e. The molecule has 1 heterocycles. The van der Waals surface area contributed by atoms with Crippen molar-refractivity contribution in [3.05, 3.63) is 55.4 Å². The van der Waals surface area contributed by atoms with Crippen LogP contribution < -0.4 is 5.32 Å². The highest BCUT2D eigenvalue weighted by atomic mass is 79.9. The fourth-order valence-corrected chi connectivity index (χ4v) is 3.37. The van der Waals surface area contributed by atoms with Gasteiger partial charge in [0.2, 0.25) is 0 Å². The lowest BCUT2D eigenvalue weighted by molar-refractivity contribution is 0.620. The van der Waals surface area contributed by atoms with Gasteiger partial charge >= 0.3 is 0 Å². The van der Waals surface area contributed by atoms with Crippen LogP contribution in [-0.4, -0.2) is 6.54 Å². The number of thiophene rings is 1. The monoisotopic (exact) mass is 347 g/mol. The molecule has 0 aliphatic carbocycles. The Bertz CT molecular complexity index is 509. The average Bonchev–Trinajstić information content (AvgIpc) is 2.69. The Kier molecular flexibility index (Phi) is 5.18. The maximum Gasteiger partial charge on any atom is 0.125 e. The fourth-order valence-electron chi connectivity index (χ4n) is 1.64. The zero-order valence-corrected chi connectivity index (χ0v) is 12.7. The van der Waals surface area contributed by atoms with E-state index in [4.69, 9.17) is 11.6 Å². The summed E-state index contributed by atoms with van der Waals surface area (Å²) in [5.74, 6) is -0.290. The topological polar surface area (TPSA) is 12.0 Å². The smallest absolute Gasteiger partial charge is 0.125 e. The number of nitrogens with one attached hydrogen (secondary N) is 1. The van der Waals surface area contributed by atoms with Gasteiger partial charge in [0.05, 0.1) is 3.79 Å². The first-order chi connectivity index (χ1) is 8.63. The molecule has 0 amide bonds. The van der Waals surface area contributed by atoms with Gasteiger partial charge in [-0.3, -0.25) is 0 Å². The summed E-state index contributed by atoms with van der Waals surface area (Å²) in [5.41, 5.74) is 0.868. The second-order valence-corrected chi connectivity index (χ2v) is 6.89. The Morgan fingerprint density at radius 3 is 2.78 bits per heavy atom. The zero-order chi connectivity index (χ0) is 13.0. The number of hydrogen-bond acceptors (Lipinski definition) is 2. The molecule has 0 spiro atoms. The molecule has 5 heteroatoms. The predicted octanol–water partition coefficient (Wildman–Crippen LogP) is 4.64. The van der Waals surface area contributed by atoms with Crippen molar-refractivity contribution in [3.8, 4) is 0 Å². The van der Waals surface area contributed by atoms with Gasteiger partial charge in [0.25, 0.3) is 0 Å². The molecule has 1 aromatic heterocycles. The highest BCUT2D eigenvalue weighted by Gasteiger charge is 2.00. The first-order valence-electron chi connectivity index (χ1n) is 5.53. The van der Waals surface area contributed by atoms with Crippen LogP contribution in [0.3, 0.4) is 0 Å². The Morgan fingerprint density at radius 2 is 2.11 bits per heavy atom. The molecule has 18 heavy (non-hydrogen) atoms. The lowest BCUT2D eigenvalue weighted by atomic mass is 10.2.